The number of hydrogen-bond acceptors (Lipinski definition) is 3. The molecule has 4 nitrogen and oxygen atoms in total. The van der Waals surface area contributed by atoms with Crippen molar-refractivity contribution in [2.45, 2.75) is 5.41 Å². The van der Waals surface area contributed by atoms with Crippen molar-refractivity contribution in [2.24, 2.45) is 0 Å². The quantitative estimate of drug-likeness (QED) is 0.178. The van der Waals surface area contributed by atoms with Crippen LogP contribution in [0.3, 0.4) is 0 Å². The molecule has 0 N–H and O–H groups in total. The normalized spacial score (nSPS) is 14.9. The average Bonchev–Trinajstić information content (AvgIpc) is 3.88. The molecule has 0 amide bonds. The van der Waals surface area contributed by atoms with Crippen LogP contribution in [0.5, 0.6) is 11.5 Å². The SMILES string of the molecule is c1ccc(N(c2ccc3c(c2)C2(c4ccccc4O3)c3ccccc3-c3cccc4cccc2c34)c2ccc3c4ccccc4n(-c4ccc5c(c4)oc4ccccc45)c3c2)cc1. The number of para-hydroxylation sites is 4. The van der Waals surface area contributed by atoms with Gasteiger partial charge in [-0.2, -0.15) is 0 Å². The molecule has 63 heavy (non-hydrogen) atoms. The first kappa shape index (κ1) is 34.4. The fourth-order valence-electron chi connectivity index (χ4n) is 11.1. The van der Waals surface area contributed by atoms with Gasteiger partial charge in [0.1, 0.15) is 22.7 Å². The van der Waals surface area contributed by atoms with Crippen LogP contribution in [-0.2, 0) is 5.41 Å². The molecule has 0 radical (unpaired) electrons. The maximum atomic E-state index is 6.93. The topological polar surface area (TPSA) is 30.5 Å². The lowest BCUT2D eigenvalue weighted by atomic mass is 9.58. The molecule has 12 aromatic rings. The van der Waals surface area contributed by atoms with Gasteiger partial charge in [-0.3, -0.25) is 0 Å². The van der Waals surface area contributed by atoms with E-state index in [2.05, 4.69) is 216 Å². The summed E-state index contributed by atoms with van der Waals surface area (Å²) in [5.74, 6) is 1.73. The number of nitrogens with zero attached hydrogens (tertiary/aromatic N) is 2. The molecular formula is C59H36N2O2. The first-order valence-electron chi connectivity index (χ1n) is 21.6. The Kier molecular flexibility index (Phi) is 7.01. The Morgan fingerprint density at radius 2 is 1.03 bits per heavy atom. The summed E-state index contributed by atoms with van der Waals surface area (Å²) in [6, 6.07) is 79.1. The van der Waals surface area contributed by atoms with Gasteiger partial charge in [0.15, 0.2) is 0 Å². The van der Waals surface area contributed by atoms with Crippen molar-refractivity contribution in [3.8, 4) is 28.3 Å². The van der Waals surface area contributed by atoms with E-state index in [9.17, 15) is 0 Å². The number of fused-ring (bicyclic) bond motifs is 14. The van der Waals surface area contributed by atoms with Gasteiger partial charge < -0.3 is 18.6 Å². The number of anilines is 3. The van der Waals surface area contributed by atoms with E-state index in [1.807, 2.05) is 12.1 Å². The van der Waals surface area contributed by atoms with Gasteiger partial charge in [0.2, 0.25) is 0 Å². The molecule has 2 aliphatic rings. The van der Waals surface area contributed by atoms with Crippen molar-refractivity contribution in [3.63, 3.8) is 0 Å². The molecule has 1 unspecified atom stereocenters. The number of aromatic nitrogens is 1. The van der Waals surface area contributed by atoms with Crippen LogP contribution in [0.1, 0.15) is 22.3 Å². The van der Waals surface area contributed by atoms with Gasteiger partial charge in [-0.15, -0.1) is 0 Å². The van der Waals surface area contributed by atoms with Crippen LogP contribution in [0.4, 0.5) is 17.1 Å². The second-order valence-corrected chi connectivity index (χ2v) is 16.8. The van der Waals surface area contributed by atoms with E-state index in [4.69, 9.17) is 9.15 Å². The number of hydrogen-bond donors (Lipinski definition) is 0. The van der Waals surface area contributed by atoms with E-state index in [0.29, 0.717) is 0 Å². The Balaban J connectivity index is 1.03. The Morgan fingerprint density at radius 3 is 1.95 bits per heavy atom. The summed E-state index contributed by atoms with van der Waals surface area (Å²) >= 11 is 0. The summed E-state index contributed by atoms with van der Waals surface area (Å²) in [6.45, 7) is 0. The van der Waals surface area contributed by atoms with E-state index in [-0.39, 0.29) is 0 Å². The van der Waals surface area contributed by atoms with Crippen LogP contribution in [-0.4, -0.2) is 4.57 Å². The van der Waals surface area contributed by atoms with Gasteiger partial charge in [-0.25, -0.2) is 0 Å². The minimum absolute atomic E-state index is 0.654. The minimum Gasteiger partial charge on any atom is -0.457 e. The van der Waals surface area contributed by atoms with Crippen molar-refractivity contribution in [3.05, 3.63) is 241 Å². The smallest absolute Gasteiger partial charge is 0.137 e. The third-order valence-corrected chi connectivity index (χ3v) is 13.6. The lowest BCUT2D eigenvalue weighted by Crippen LogP contribution is -2.36. The summed E-state index contributed by atoms with van der Waals surface area (Å²) in [7, 11) is 0. The van der Waals surface area contributed by atoms with Crippen molar-refractivity contribution in [1.82, 2.24) is 4.57 Å². The predicted molar refractivity (Wildman–Crippen MR) is 258 cm³/mol. The molecule has 1 atom stereocenters. The van der Waals surface area contributed by atoms with Crippen molar-refractivity contribution in [1.29, 1.82) is 0 Å². The molecule has 14 rings (SSSR count). The molecule has 3 heterocycles. The summed E-state index contributed by atoms with van der Waals surface area (Å²) < 4.78 is 15.7. The molecule has 0 bridgehead atoms. The summed E-state index contributed by atoms with van der Waals surface area (Å²) in [5, 5.41) is 7.14. The Labute approximate surface area is 363 Å². The highest BCUT2D eigenvalue weighted by molar-refractivity contribution is 6.12. The monoisotopic (exact) mass is 804 g/mol. The number of benzene rings is 10. The van der Waals surface area contributed by atoms with E-state index in [1.54, 1.807) is 0 Å². The molecule has 1 aliphatic carbocycles. The molecule has 294 valence electrons. The van der Waals surface area contributed by atoms with Crippen molar-refractivity contribution in [2.75, 3.05) is 4.90 Å². The van der Waals surface area contributed by atoms with Gasteiger partial charge in [-0.05, 0) is 106 Å². The maximum Gasteiger partial charge on any atom is 0.137 e. The van der Waals surface area contributed by atoms with Crippen molar-refractivity contribution >= 4 is 71.6 Å². The first-order valence-corrected chi connectivity index (χ1v) is 21.6. The zero-order valence-electron chi connectivity index (χ0n) is 34.0. The first-order chi connectivity index (χ1) is 31.2. The lowest BCUT2D eigenvalue weighted by Gasteiger charge is -2.45. The second-order valence-electron chi connectivity index (χ2n) is 16.8. The zero-order chi connectivity index (χ0) is 41.2. The van der Waals surface area contributed by atoms with Crippen LogP contribution < -0.4 is 9.64 Å². The second kappa shape index (κ2) is 12.8. The Bertz CT molecular complexity index is 3850. The molecule has 0 saturated heterocycles. The van der Waals surface area contributed by atoms with Crippen LogP contribution in [0.2, 0.25) is 0 Å². The van der Waals surface area contributed by atoms with E-state index in [1.165, 1.54) is 43.8 Å². The third kappa shape index (κ3) is 4.69. The largest absolute Gasteiger partial charge is 0.457 e. The van der Waals surface area contributed by atoms with Crippen LogP contribution in [0.15, 0.2) is 223 Å². The highest BCUT2D eigenvalue weighted by Crippen LogP contribution is 2.61. The molecule has 2 aromatic heterocycles. The third-order valence-electron chi connectivity index (χ3n) is 13.6. The van der Waals surface area contributed by atoms with Crippen LogP contribution >= 0.6 is 0 Å². The number of ether oxygens (including phenoxy) is 1. The Hall–Kier alpha value is -8.34. The van der Waals surface area contributed by atoms with Crippen LogP contribution in [0, 0.1) is 0 Å². The molecule has 1 aliphatic heterocycles. The van der Waals surface area contributed by atoms with Crippen LogP contribution in [0.25, 0.3) is 71.3 Å². The summed E-state index contributed by atoms with van der Waals surface area (Å²) in [5.41, 5.74) is 14.8. The molecule has 1 spiro atoms. The maximum absolute atomic E-state index is 6.93. The summed E-state index contributed by atoms with van der Waals surface area (Å²) in [6.07, 6.45) is 0. The van der Waals surface area contributed by atoms with Gasteiger partial charge in [0.25, 0.3) is 0 Å². The zero-order valence-corrected chi connectivity index (χ0v) is 34.0. The molecule has 4 heteroatoms. The number of furan rings is 1. The highest BCUT2D eigenvalue weighted by Gasteiger charge is 2.49. The van der Waals surface area contributed by atoms with Gasteiger partial charge in [0, 0.05) is 61.5 Å². The van der Waals surface area contributed by atoms with Gasteiger partial charge in [-0.1, -0.05) is 140 Å². The molecule has 0 saturated carbocycles. The Morgan fingerprint density at radius 1 is 0.381 bits per heavy atom. The highest BCUT2D eigenvalue weighted by atomic mass is 16.5. The number of rotatable bonds is 4. The van der Waals surface area contributed by atoms with Gasteiger partial charge in [0.05, 0.1) is 16.4 Å². The standard InChI is InChI=1S/C59H36N2O2/c1-2-16-38(17-3-1)60(40-28-31-44-43-19-5-9-25-52(43)61(53(44)35-40)41-29-32-46-45-20-6-10-26-54(45)62-57(46)36-41)39-30-33-56-51(34-39)59(49-23-8-11-27-55(49)63-56)48-22-7-4-18-42(48)47-21-12-14-37-15-13-24-50(59)58(37)47/h1-36H. The van der Waals surface area contributed by atoms with E-state index < -0.39 is 5.41 Å². The van der Waals surface area contributed by atoms with E-state index in [0.717, 1.165) is 78.3 Å². The molecule has 10 aromatic carbocycles. The predicted octanol–water partition coefficient (Wildman–Crippen LogP) is 15.8. The molecule has 0 fully saturated rings. The average molecular weight is 805 g/mol. The molecular weight excluding hydrogens is 769 g/mol. The fourth-order valence-corrected chi connectivity index (χ4v) is 11.1. The lowest BCUT2D eigenvalue weighted by molar-refractivity contribution is 0.435. The fraction of sp³-hybridized carbons (Fsp3) is 0.0169. The minimum atomic E-state index is -0.654. The van der Waals surface area contributed by atoms with E-state index >= 15 is 0 Å². The summed E-state index contributed by atoms with van der Waals surface area (Å²) in [4.78, 5) is 2.39. The van der Waals surface area contributed by atoms with Crippen molar-refractivity contribution < 1.29 is 9.15 Å². The van der Waals surface area contributed by atoms with Gasteiger partial charge >= 0.3 is 0 Å².